The van der Waals surface area contributed by atoms with Crippen LogP contribution in [0.4, 0.5) is 0 Å². The minimum atomic E-state index is 0.592. The lowest BCUT2D eigenvalue weighted by atomic mass is 9.93. The van der Waals surface area contributed by atoms with Crippen LogP contribution in [0.5, 0.6) is 0 Å². The first-order chi connectivity index (χ1) is 10.4. The molecule has 1 fully saturated rings. The van der Waals surface area contributed by atoms with Crippen molar-refractivity contribution in [1.82, 2.24) is 19.5 Å². The first-order valence-electron chi connectivity index (χ1n) is 7.42. The zero-order chi connectivity index (χ0) is 14.1. The minimum Gasteiger partial charge on any atom is -0.299 e. The Morgan fingerprint density at radius 2 is 2.05 bits per heavy atom. The molecule has 0 aliphatic carbocycles. The largest absolute Gasteiger partial charge is 0.299 e. The molecule has 3 aromatic heterocycles. The van der Waals surface area contributed by atoms with Crippen LogP contribution in [0.25, 0.3) is 5.65 Å². The maximum Gasteiger partial charge on any atom is 0.155 e. The summed E-state index contributed by atoms with van der Waals surface area (Å²) in [7, 11) is 0. The second-order valence-electron chi connectivity index (χ2n) is 5.65. The number of rotatable bonds is 3. The van der Waals surface area contributed by atoms with Crippen LogP contribution >= 0.6 is 11.3 Å². The Morgan fingerprint density at radius 3 is 2.86 bits per heavy atom. The normalized spacial score (nSPS) is 17.5. The molecule has 108 valence electrons. The van der Waals surface area contributed by atoms with E-state index in [2.05, 4.69) is 37.9 Å². The highest BCUT2D eigenvalue weighted by atomic mass is 32.1. The van der Waals surface area contributed by atoms with Crippen LogP contribution in [0.1, 0.15) is 30.0 Å². The summed E-state index contributed by atoms with van der Waals surface area (Å²) in [4.78, 5) is 6.91. The number of nitrogens with zero attached hydrogens (tertiary/aromatic N) is 4. The number of fused-ring (bicyclic) bond motifs is 1. The summed E-state index contributed by atoms with van der Waals surface area (Å²) in [6.07, 6.45) is 6.13. The third kappa shape index (κ3) is 2.59. The molecule has 0 bridgehead atoms. The Hall–Kier alpha value is -1.72. The van der Waals surface area contributed by atoms with Crippen LogP contribution in [-0.2, 0) is 6.54 Å². The molecule has 0 unspecified atom stereocenters. The Kier molecular flexibility index (Phi) is 3.45. The van der Waals surface area contributed by atoms with Crippen molar-refractivity contribution in [1.29, 1.82) is 0 Å². The fraction of sp³-hybridized carbons (Fsp3) is 0.375. The maximum atomic E-state index is 4.42. The van der Waals surface area contributed by atoms with Gasteiger partial charge in [0.2, 0.25) is 0 Å². The van der Waals surface area contributed by atoms with E-state index in [1.807, 2.05) is 23.0 Å². The van der Waals surface area contributed by atoms with Crippen molar-refractivity contribution in [3.05, 3.63) is 52.6 Å². The minimum absolute atomic E-state index is 0.592. The predicted molar refractivity (Wildman–Crippen MR) is 84.6 cm³/mol. The van der Waals surface area contributed by atoms with Crippen molar-refractivity contribution in [3.8, 4) is 0 Å². The van der Waals surface area contributed by atoms with Crippen LogP contribution in [0, 0.1) is 0 Å². The summed E-state index contributed by atoms with van der Waals surface area (Å²) in [5, 5.41) is 8.83. The number of likely N-dealkylation sites (tertiary alicyclic amines) is 1. The number of piperidine rings is 1. The van der Waals surface area contributed by atoms with Gasteiger partial charge in [-0.2, -0.15) is 16.4 Å². The zero-order valence-electron chi connectivity index (χ0n) is 11.9. The number of aromatic nitrogens is 3. The van der Waals surface area contributed by atoms with E-state index < -0.39 is 0 Å². The van der Waals surface area contributed by atoms with Gasteiger partial charge >= 0.3 is 0 Å². The zero-order valence-corrected chi connectivity index (χ0v) is 12.7. The van der Waals surface area contributed by atoms with Crippen LogP contribution in [0.2, 0.25) is 0 Å². The van der Waals surface area contributed by atoms with Gasteiger partial charge in [-0.05, 0) is 54.4 Å². The predicted octanol–water partition coefficient (Wildman–Crippen LogP) is 3.17. The summed E-state index contributed by atoms with van der Waals surface area (Å²) in [5.41, 5.74) is 3.70. The smallest absolute Gasteiger partial charge is 0.155 e. The topological polar surface area (TPSA) is 33.4 Å². The molecule has 4 nitrogen and oxygen atoms in total. The van der Waals surface area contributed by atoms with E-state index in [9.17, 15) is 0 Å². The molecule has 0 radical (unpaired) electrons. The average molecular weight is 298 g/mol. The molecule has 1 saturated heterocycles. The number of hydrogen-bond donors (Lipinski definition) is 0. The van der Waals surface area contributed by atoms with Gasteiger partial charge in [-0.25, -0.2) is 9.50 Å². The lowest BCUT2D eigenvalue weighted by molar-refractivity contribution is 0.202. The van der Waals surface area contributed by atoms with Gasteiger partial charge in [-0.1, -0.05) is 0 Å². The van der Waals surface area contributed by atoms with Gasteiger partial charge in [0, 0.05) is 30.4 Å². The first-order valence-corrected chi connectivity index (χ1v) is 8.36. The highest BCUT2D eigenvalue weighted by molar-refractivity contribution is 7.07. The molecule has 4 rings (SSSR count). The van der Waals surface area contributed by atoms with Crippen molar-refractivity contribution in [2.24, 2.45) is 0 Å². The lowest BCUT2D eigenvalue weighted by Crippen LogP contribution is -2.32. The van der Waals surface area contributed by atoms with Crippen LogP contribution in [-0.4, -0.2) is 32.6 Å². The Labute approximate surface area is 128 Å². The van der Waals surface area contributed by atoms with Gasteiger partial charge in [-0.3, -0.25) is 4.90 Å². The monoisotopic (exact) mass is 298 g/mol. The van der Waals surface area contributed by atoms with Crippen molar-refractivity contribution in [2.45, 2.75) is 25.3 Å². The third-order valence-corrected chi connectivity index (χ3v) is 5.04. The van der Waals surface area contributed by atoms with E-state index in [4.69, 9.17) is 0 Å². The van der Waals surface area contributed by atoms with E-state index in [0.29, 0.717) is 5.92 Å². The van der Waals surface area contributed by atoms with Gasteiger partial charge < -0.3 is 0 Å². The van der Waals surface area contributed by atoms with E-state index in [1.54, 1.807) is 11.3 Å². The average Bonchev–Trinajstić information content (AvgIpc) is 3.18. The highest BCUT2D eigenvalue weighted by Crippen LogP contribution is 2.28. The first kappa shape index (κ1) is 13.0. The highest BCUT2D eigenvalue weighted by Gasteiger charge is 2.22. The van der Waals surface area contributed by atoms with E-state index in [1.165, 1.54) is 24.1 Å². The molecule has 0 spiro atoms. The molecular formula is C16H18N4S. The Bertz CT molecular complexity index is 711. The van der Waals surface area contributed by atoms with Crippen LogP contribution in [0.15, 0.2) is 41.4 Å². The lowest BCUT2D eigenvalue weighted by Gasteiger charge is -2.31. The summed E-state index contributed by atoms with van der Waals surface area (Å²) >= 11 is 1.78. The number of hydrogen-bond acceptors (Lipinski definition) is 4. The molecule has 0 N–H and O–H groups in total. The molecule has 0 aromatic carbocycles. The van der Waals surface area contributed by atoms with Gasteiger partial charge in [-0.15, -0.1) is 0 Å². The molecule has 1 aliphatic heterocycles. The van der Waals surface area contributed by atoms with Crippen molar-refractivity contribution in [3.63, 3.8) is 0 Å². The molecule has 4 heterocycles. The second kappa shape index (κ2) is 5.58. The maximum absolute atomic E-state index is 4.42. The van der Waals surface area contributed by atoms with Crippen LogP contribution in [0.3, 0.4) is 0 Å². The fourth-order valence-electron chi connectivity index (χ4n) is 3.19. The van der Waals surface area contributed by atoms with Gasteiger partial charge in [0.25, 0.3) is 0 Å². The molecule has 21 heavy (non-hydrogen) atoms. The van der Waals surface area contributed by atoms with Crippen molar-refractivity contribution in [2.75, 3.05) is 13.1 Å². The van der Waals surface area contributed by atoms with Gasteiger partial charge in [0.1, 0.15) is 0 Å². The molecule has 0 saturated carbocycles. The Balaban J connectivity index is 1.46. The molecule has 3 aromatic rings. The van der Waals surface area contributed by atoms with E-state index in [-0.39, 0.29) is 0 Å². The molecule has 0 amide bonds. The van der Waals surface area contributed by atoms with Crippen molar-refractivity contribution >= 4 is 17.0 Å². The standard InChI is InChI=1S/C16H18N4S/c1-6-17-16-2-7-18-20(16)15(1)14-3-8-19(9-4-14)11-13-5-10-21-12-13/h1-2,5-7,10,12,14H,3-4,8-9,11H2. The summed E-state index contributed by atoms with van der Waals surface area (Å²) in [6, 6.07) is 6.32. The fourth-order valence-corrected chi connectivity index (χ4v) is 3.85. The van der Waals surface area contributed by atoms with E-state index >= 15 is 0 Å². The molecule has 5 heteroatoms. The quantitative estimate of drug-likeness (QED) is 0.744. The Morgan fingerprint density at radius 1 is 1.14 bits per heavy atom. The SMILES string of the molecule is c1cc(C2CCN(Cc3ccsc3)CC2)n2nccc2n1. The summed E-state index contributed by atoms with van der Waals surface area (Å²) in [6.45, 7) is 3.40. The third-order valence-electron chi connectivity index (χ3n) is 4.31. The molecule has 1 aliphatic rings. The molecular weight excluding hydrogens is 280 g/mol. The molecule has 0 atom stereocenters. The summed E-state index contributed by atoms with van der Waals surface area (Å²) < 4.78 is 2.00. The van der Waals surface area contributed by atoms with Gasteiger partial charge in [0.05, 0.1) is 6.20 Å². The van der Waals surface area contributed by atoms with E-state index in [0.717, 1.165) is 25.3 Å². The van der Waals surface area contributed by atoms with Gasteiger partial charge in [0.15, 0.2) is 5.65 Å². The van der Waals surface area contributed by atoms with Crippen LogP contribution < -0.4 is 0 Å². The number of thiophene rings is 1. The second-order valence-corrected chi connectivity index (χ2v) is 6.43. The van der Waals surface area contributed by atoms with Crippen molar-refractivity contribution < 1.29 is 0 Å². The summed E-state index contributed by atoms with van der Waals surface area (Å²) in [5.74, 6) is 0.592.